The SMILES string of the molecule is CC(C)C(=O)Nc1nc2[nH]c([C@H]3C[C@H](O)[C@@H](CO)O3)cc2c(=O)[nH]1. The summed E-state index contributed by atoms with van der Waals surface area (Å²) in [5, 5.41) is 21.8. The van der Waals surface area contributed by atoms with E-state index in [9.17, 15) is 14.7 Å². The Bertz CT molecular complexity index is 812. The number of aromatic nitrogens is 3. The second kappa shape index (κ2) is 6.34. The maximum absolute atomic E-state index is 12.2. The van der Waals surface area contributed by atoms with Gasteiger partial charge in [0.25, 0.3) is 5.56 Å². The van der Waals surface area contributed by atoms with Crippen molar-refractivity contribution >= 4 is 22.9 Å². The Morgan fingerprint density at radius 1 is 1.50 bits per heavy atom. The van der Waals surface area contributed by atoms with Crippen molar-refractivity contribution in [1.82, 2.24) is 15.0 Å². The molecule has 0 bridgehead atoms. The fraction of sp³-hybridized carbons (Fsp3) is 0.533. The summed E-state index contributed by atoms with van der Waals surface area (Å²) in [5.74, 6) is -0.425. The number of carbonyl (C=O) groups is 1. The van der Waals surface area contributed by atoms with E-state index in [1.165, 1.54) is 0 Å². The van der Waals surface area contributed by atoms with Gasteiger partial charge in [0.2, 0.25) is 11.9 Å². The number of H-pyrrole nitrogens is 2. The van der Waals surface area contributed by atoms with Gasteiger partial charge in [0.05, 0.1) is 18.1 Å². The first kappa shape index (κ1) is 16.6. The van der Waals surface area contributed by atoms with Gasteiger partial charge in [-0.05, 0) is 6.07 Å². The molecular weight excluding hydrogens is 316 g/mol. The van der Waals surface area contributed by atoms with Crippen LogP contribution in [0, 0.1) is 5.92 Å². The number of anilines is 1. The molecule has 1 fully saturated rings. The van der Waals surface area contributed by atoms with Crippen LogP contribution in [0.25, 0.3) is 11.0 Å². The van der Waals surface area contributed by atoms with E-state index < -0.39 is 18.3 Å². The number of ether oxygens (including phenoxy) is 1. The van der Waals surface area contributed by atoms with E-state index in [-0.39, 0.29) is 29.9 Å². The average Bonchev–Trinajstić information content (AvgIpc) is 3.10. The van der Waals surface area contributed by atoms with Gasteiger partial charge >= 0.3 is 0 Å². The summed E-state index contributed by atoms with van der Waals surface area (Å²) < 4.78 is 5.56. The Kier molecular flexibility index (Phi) is 4.39. The Morgan fingerprint density at radius 2 is 2.25 bits per heavy atom. The summed E-state index contributed by atoms with van der Waals surface area (Å²) in [6, 6.07) is 1.60. The van der Waals surface area contributed by atoms with E-state index >= 15 is 0 Å². The molecule has 130 valence electrons. The molecule has 1 aliphatic rings. The van der Waals surface area contributed by atoms with Gasteiger partial charge in [-0.25, -0.2) is 0 Å². The summed E-state index contributed by atoms with van der Waals surface area (Å²) in [6.07, 6.45) is -1.56. The lowest BCUT2D eigenvalue weighted by Crippen LogP contribution is -2.24. The zero-order valence-electron chi connectivity index (χ0n) is 13.4. The number of aromatic amines is 2. The number of aliphatic hydroxyl groups is 2. The van der Waals surface area contributed by atoms with Crippen molar-refractivity contribution in [3.8, 4) is 0 Å². The van der Waals surface area contributed by atoms with Gasteiger partial charge in [0.1, 0.15) is 17.9 Å². The molecule has 24 heavy (non-hydrogen) atoms. The number of aliphatic hydroxyl groups excluding tert-OH is 2. The van der Waals surface area contributed by atoms with E-state index in [4.69, 9.17) is 9.84 Å². The predicted molar refractivity (Wildman–Crippen MR) is 85.5 cm³/mol. The third-order valence-corrected chi connectivity index (χ3v) is 4.03. The molecule has 2 aromatic heterocycles. The first-order valence-electron chi connectivity index (χ1n) is 7.77. The van der Waals surface area contributed by atoms with Gasteiger partial charge in [-0.15, -0.1) is 0 Å². The van der Waals surface area contributed by atoms with Crippen LogP contribution in [0.15, 0.2) is 10.9 Å². The van der Waals surface area contributed by atoms with Gasteiger partial charge < -0.3 is 19.9 Å². The van der Waals surface area contributed by atoms with Crippen molar-refractivity contribution in [2.45, 2.75) is 38.6 Å². The van der Waals surface area contributed by atoms with Gasteiger partial charge in [0.15, 0.2) is 0 Å². The van der Waals surface area contributed by atoms with Crippen molar-refractivity contribution in [2.75, 3.05) is 11.9 Å². The highest BCUT2D eigenvalue weighted by Crippen LogP contribution is 2.33. The minimum Gasteiger partial charge on any atom is -0.394 e. The lowest BCUT2D eigenvalue weighted by Gasteiger charge is -2.10. The van der Waals surface area contributed by atoms with Crippen LogP contribution >= 0.6 is 0 Å². The molecule has 3 heterocycles. The molecule has 3 rings (SSSR count). The second-order valence-electron chi connectivity index (χ2n) is 6.19. The van der Waals surface area contributed by atoms with Gasteiger partial charge in [-0.2, -0.15) is 4.98 Å². The van der Waals surface area contributed by atoms with Crippen molar-refractivity contribution < 1.29 is 19.7 Å². The van der Waals surface area contributed by atoms with Gasteiger partial charge in [-0.1, -0.05) is 13.8 Å². The highest BCUT2D eigenvalue weighted by molar-refractivity contribution is 5.91. The maximum Gasteiger partial charge on any atom is 0.261 e. The Labute approximate surface area is 137 Å². The Hall–Kier alpha value is -2.23. The summed E-state index contributed by atoms with van der Waals surface area (Å²) in [7, 11) is 0. The predicted octanol–water partition coefficient (Wildman–Crippen LogP) is 0.0289. The molecule has 0 unspecified atom stereocenters. The van der Waals surface area contributed by atoms with Crippen molar-refractivity contribution in [2.24, 2.45) is 5.92 Å². The summed E-state index contributed by atoms with van der Waals surface area (Å²) in [5.41, 5.74) is 0.516. The van der Waals surface area contributed by atoms with Gasteiger partial charge in [0, 0.05) is 18.0 Å². The van der Waals surface area contributed by atoms with Crippen molar-refractivity contribution in [3.63, 3.8) is 0 Å². The smallest absolute Gasteiger partial charge is 0.261 e. The van der Waals surface area contributed by atoms with Crippen LogP contribution in [0.2, 0.25) is 0 Å². The van der Waals surface area contributed by atoms with E-state index in [1.54, 1.807) is 19.9 Å². The lowest BCUT2D eigenvalue weighted by atomic mass is 10.1. The minimum absolute atomic E-state index is 0.0696. The number of rotatable bonds is 4. The largest absolute Gasteiger partial charge is 0.394 e. The number of fused-ring (bicyclic) bond motifs is 1. The summed E-state index contributed by atoms with van der Waals surface area (Å²) in [6.45, 7) is 3.19. The molecular formula is C15H20N4O5. The van der Waals surface area contributed by atoms with Gasteiger partial charge in [-0.3, -0.25) is 19.9 Å². The van der Waals surface area contributed by atoms with Crippen molar-refractivity contribution in [3.05, 3.63) is 22.1 Å². The lowest BCUT2D eigenvalue weighted by molar-refractivity contribution is -0.118. The molecule has 9 heteroatoms. The number of hydrogen-bond acceptors (Lipinski definition) is 6. The van der Waals surface area contributed by atoms with Crippen LogP contribution in [0.3, 0.4) is 0 Å². The molecule has 1 aliphatic heterocycles. The molecule has 0 saturated carbocycles. The highest BCUT2D eigenvalue weighted by Gasteiger charge is 2.35. The zero-order chi connectivity index (χ0) is 17.4. The maximum atomic E-state index is 12.2. The average molecular weight is 336 g/mol. The molecule has 1 saturated heterocycles. The van der Waals surface area contributed by atoms with Crippen LogP contribution in [0.4, 0.5) is 5.95 Å². The fourth-order valence-corrected chi connectivity index (χ4v) is 2.63. The van der Waals surface area contributed by atoms with Crippen LogP contribution in [-0.4, -0.2) is 49.9 Å². The van der Waals surface area contributed by atoms with Crippen molar-refractivity contribution in [1.29, 1.82) is 0 Å². The topological polar surface area (TPSA) is 140 Å². The number of hydrogen-bond donors (Lipinski definition) is 5. The third kappa shape index (κ3) is 3.05. The van der Waals surface area contributed by atoms with E-state index in [2.05, 4.69) is 20.3 Å². The number of amides is 1. The normalized spacial score (nSPS) is 24.0. The van der Waals surface area contributed by atoms with Crippen LogP contribution in [0.5, 0.6) is 0 Å². The zero-order valence-corrected chi connectivity index (χ0v) is 13.4. The molecule has 0 spiro atoms. The van der Waals surface area contributed by atoms with Crippen LogP contribution in [-0.2, 0) is 9.53 Å². The Morgan fingerprint density at radius 3 is 2.88 bits per heavy atom. The van der Waals surface area contributed by atoms with E-state index in [1.807, 2.05) is 0 Å². The molecule has 0 aromatic carbocycles. The van der Waals surface area contributed by atoms with Crippen LogP contribution in [0.1, 0.15) is 32.1 Å². The number of carbonyl (C=O) groups excluding carboxylic acids is 1. The quantitative estimate of drug-likeness (QED) is 0.533. The van der Waals surface area contributed by atoms with Crippen LogP contribution < -0.4 is 10.9 Å². The summed E-state index contributed by atoms with van der Waals surface area (Å²) >= 11 is 0. The molecule has 1 amide bonds. The molecule has 3 atom stereocenters. The first-order chi connectivity index (χ1) is 11.4. The molecule has 5 N–H and O–H groups in total. The number of nitrogens with one attached hydrogen (secondary N) is 3. The fourth-order valence-electron chi connectivity index (χ4n) is 2.63. The highest BCUT2D eigenvalue weighted by atomic mass is 16.5. The monoisotopic (exact) mass is 336 g/mol. The molecule has 9 nitrogen and oxygen atoms in total. The second-order valence-corrected chi connectivity index (χ2v) is 6.19. The van der Waals surface area contributed by atoms with E-state index in [0.717, 1.165) is 0 Å². The minimum atomic E-state index is -0.765. The molecule has 0 radical (unpaired) electrons. The molecule has 0 aliphatic carbocycles. The molecule has 2 aromatic rings. The first-order valence-corrected chi connectivity index (χ1v) is 7.77. The standard InChI is InChI=1S/C15H20N4O5/c1-6(2)13(22)18-15-17-12-7(14(23)19-15)3-8(16-12)10-4-9(21)11(5-20)24-10/h3,6,9-11,20-21H,4-5H2,1-2H3,(H3,16,17,18,19,22,23)/t9-,10+,11+/m0/s1. The van der Waals surface area contributed by atoms with E-state index in [0.29, 0.717) is 23.1 Å². The third-order valence-electron chi connectivity index (χ3n) is 4.03. The Balaban J connectivity index is 1.90. The summed E-state index contributed by atoms with van der Waals surface area (Å²) in [4.78, 5) is 33.6. The number of nitrogens with zero attached hydrogens (tertiary/aromatic N) is 1.